The molecule has 1 aliphatic heterocycles. The first-order valence-corrected chi connectivity index (χ1v) is 6.61. The predicted molar refractivity (Wildman–Crippen MR) is 74.3 cm³/mol. The van der Waals surface area contributed by atoms with Crippen molar-refractivity contribution in [3.63, 3.8) is 0 Å². The number of allylic oxidation sites excluding steroid dienone is 5. The quantitative estimate of drug-likeness (QED) is 0.708. The second kappa shape index (κ2) is 5.46. The Morgan fingerprint density at radius 3 is 2.71 bits per heavy atom. The lowest BCUT2D eigenvalue weighted by atomic mass is 9.90. The Morgan fingerprint density at radius 1 is 1.24 bits per heavy atom. The largest absolute Gasteiger partial charge is 0.304 e. The molecule has 17 heavy (non-hydrogen) atoms. The van der Waals surface area contributed by atoms with Crippen LogP contribution in [-0.2, 0) is 0 Å². The number of nitrogens with zero attached hydrogens (tertiary/aromatic N) is 2. The summed E-state index contributed by atoms with van der Waals surface area (Å²) < 4.78 is 0. The van der Waals surface area contributed by atoms with E-state index in [4.69, 9.17) is 0 Å². The maximum Gasteiger partial charge on any atom is 0.0517 e. The molecule has 2 heteroatoms. The monoisotopic (exact) mass is 230 g/mol. The van der Waals surface area contributed by atoms with Crippen LogP contribution in [0, 0.1) is 5.92 Å². The summed E-state index contributed by atoms with van der Waals surface area (Å²) in [6.45, 7) is 10.0. The number of aliphatic imine (C=N–C) groups is 1. The Morgan fingerprint density at radius 2 is 2.00 bits per heavy atom. The van der Waals surface area contributed by atoms with E-state index in [1.54, 1.807) is 0 Å². The molecule has 0 aromatic carbocycles. The highest BCUT2D eigenvalue weighted by molar-refractivity contribution is 6.03. The molecule has 92 valence electrons. The number of fused-ring (bicyclic) bond motifs is 1. The summed E-state index contributed by atoms with van der Waals surface area (Å²) in [5.74, 6) is 0.454. The fourth-order valence-corrected chi connectivity index (χ4v) is 2.58. The molecule has 0 aromatic rings. The summed E-state index contributed by atoms with van der Waals surface area (Å²) >= 11 is 0. The zero-order valence-electron chi connectivity index (χ0n) is 11.1. The Kier molecular flexibility index (Phi) is 3.95. The first-order chi connectivity index (χ1) is 8.26. The van der Waals surface area contributed by atoms with Crippen LogP contribution in [0.5, 0.6) is 0 Å². The maximum atomic E-state index is 4.66. The minimum Gasteiger partial charge on any atom is -0.304 e. The molecule has 0 saturated carbocycles. The summed E-state index contributed by atoms with van der Waals surface area (Å²) in [6, 6.07) is 0. The average Bonchev–Trinajstić information content (AvgIpc) is 2.67. The summed E-state index contributed by atoms with van der Waals surface area (Å²) in [5.41, 5.74) is 3.96. The molecule has 1 unspecified atom stereocenters. The predicted octanol–water partition coefficient (Wildman–Crippen LogP) is 3.19. The van der Waals surface area contributed by atoms with E-state index in [0.29, 0.717) is 5.92 Å². The molecule has 0 spiro atoms. The van der Waals surface area contributed by atoms with Crippen molar-refractivity contribution in [1.82, 2.24) is 4.90 Å². The van der Waals surface area contributed by atoms with Crippen LogP contribution in [0.25, 0.3) is 0 Å². The number of hydrogen-bond donors (Lipinski definition) is 0. The van der Waals surface area contributed by atoms with Crippen molar-refractivity contribution >= 4 is 5.71 Å². The minimum absolute atomic E-state index is 0.454. The summed E-state index contributed by atoms with van der Waals surface area (Å²) in [4.78, 5) is 7.13. The summed E-state index contributed by atoms with van der Waals surface area (Å²) in [7, 11) is 0. The van der Waals surface area contributed by atoms with Crippen molar-refractivity contribution in [3.8, 4) is 0 Å². The molecular weight excluding hydrogens is 208 g/mol. The first kappa shape index (κ1) is 12.3. The molecule has 2 aliphatic rings. The van der Waals surface area contributed by atoms with Gasteiger partial charge in [-0.25, -0.2) is 0 Å². The molecule has 0 amide bonds. The van der Waals surface area contributed by atoms with Crippen molar-refractivity contribution < 1.29 is 0 Å². The molecule has 0 N–H and O–H groups in total. The van der Waals surface area contributed by atoms with Gasteiger partial charge >= 0.3 is 0 Å². The van der Waals surface area contributed by atoms with Gasteiger partial charge < -0.3 is 4.90 Å². The molecular formula is C15H22N2. The topological polar surface area (TPSA) is 15.6 Å². The van der Waals surface area contributed by atoms with Gasteiger partial charge in [-0.15, -0.1) is 0 Å². The fourth-order valence-electron chi connectivity index (χ4n) is 2.58. The van der Waals surface area contributed by atoms with E-state index in [-0.39, 0.29) is 0 Å². The van der Waals surface area contributed by atoms with Crippen molar-refractivity contribution in [2.24, 2.45) is 10.9 Å². The fraction of sp³-hybridized carbons (Fsp3) is 0.533. The highest BCUT2D eigenvalue weighted by atomic mass is 15.1. The number of rotatable bonds is 5. The summed E-state index contributed by atoms with van der Waals surface area (Å²) in [6.07, 6.45) is 9.77. The molecule has 0 fully saturated rings. The zero-order chi connectivity index (χ0) is 12.3. The van der Waals surface area contributed by atoms with Gasteiger partial charge in [0.05, 0.1) is 5.71 Å². The zero-order valence-corrected chi connectivity index (χ0v) is 11.1. The second-order valence-corrected chi connectivity index (χ2v) is 4.65. The van der Waals surface area contributed by atoms with E-state index >= 15 is 0 Å². The van der Waals surface area contributed by atoms with Gasteiger partial charge in [-0.05, 0) is 38.1 Å². The van der Waals surface area contributed by atoms with Crippen molar-refractivity contribution in [2.45, 2.75) is 27.2 Å². The van der Waals surface area contributed by atoms with Gasteiger partial charge in [0.25, 0.3) is 0 Å². The van der Waals surface area contributed by atoms with Crippen LogP contribution in [0.2, 0.25) is 0 Å². The lowest BCUT2D eigenvalue weighted by molar-refractivity contribution is 0.306. The molecule has 0 radical (unpaired) electrons. The van der Waals surface area contributed by atoms with Crippen LogP contribution in [0.4, 0.5) is 0 Å². The van der Waals surface area contributed by atoms with Crippen LogP contribution >= 0.6 is 0 Å². The van der Waals surface area contributed by atoms with E-state index in [2.05, 4.69) is 55.0 Å². The molecule has 1 heterocycles. The average molecular weight is 230 g/mol. The van der Waals surface area contributed by atoms with Crippen molar-refractivity contribution in [2.75, 3.05) is 19.6 Å². The molecule has 0 saturated heterocycles. The minimum atomic E-state index is 0.454. The van der Waals surface area contributed by atoms with Crippen LogP contribution < -0.4 is 0 Å². The molecule has 2 rings (SSSR count). The van der Waals surface area contributed by atoms with Gasteiger partial charge in [0.15, 0.2) is 0 Å². The van der Waals surface area contributed by atoms with Gasteiger partial charge in [-0.3, -0.25) is 4.99 Å². The smallest absolute Gasteiger partial charge is 0.0517 e. The third-order valence-electron chi connectivity index (χ3n) is 3.73. The van der Waals surface area contributed by atoms with E-state index < -0.39 is 0 Å². The molecule has 0 bridgehead atoms. The third-order valence-corrected chi connectivity index (χ3v) is 3.73. The van der Waals surface area contributed by atoms with Crippen molar-refractivity contribution in [1.29, 1.82) is 0 Å². The standard InChI is InChI=1S/C15H22N2/c1-4-17(5-2)11-10-13-12(3)16-15-9-7-6-8-14(13)15/h6-9,14H,4-5,10-11H2,1-3H3. The lowest BCUT2D eigenvalue weighted by Crippen LogP contribution is -2.25. The highest BCUT2D eigenvalue weighted by Crippen LogP contribution is 2.31. The van der Waals surface area contributed by atoms with E-state index in [1.165, 1.54) is 17.0 Å². The van der Waals surface area contributed by atoms with Gasteiger partial charge in [0.1, 0.15) is 0 Å². The second-order valence-electron chi connectivity index (χ2n) is 4.65. The molecule has 1 aliphatic carbocycles. The SMILES string of the molecule is CCN(CC)CCC1=C(C)N=C2C=CC=CC21. The van der Waals surface area contributed by atoms with Crippen LogP contribution in [0.3, 0.4) is 0 Å². The Labute approximate surface area is 104 Å². The Balaban J connectivity index is 2.01. The lowest BCUT2D eigenvalue weighted by Gasteiger charge is -2.20. The van der Waals surface area contributed by atoms with Gasteiger partial charge in [0, 0.05) is 18.2 Å². The first-order valence-electron chi connectivity index (χ1n) is 6.61. The maximum absolute atomic E-state index is 4.66. The summed E-state index contributed by atoms with van der Waals surface area (Å²) in [5, 5.41) is 0. The molecule has 0 aromatic heterocycles. The van der Waals surface area contributed by atoms with Gasteiger partial charge in [-0.2, -0.15) is 0 Å². The van der Waals surface area contributed by atoms with E-state index in [1.807, 2.05) is 0 Å². The van der Waals surface area contributed by atoms with E-state index in [0.717, 1.165) is 26.1 Å². The molecule has 2 nitrogen and oxygen atoms in total. The number of hydrogen-bond acceptors (Lipinski definition) is 2. The van der Waals surface area contributed by atoms with Gasteiger partial charge in [-0.1, -0.05) is 32.1 Å². The van der Waals surface area contributed by atoms with Crippen LogP contribution in [-0.4, -0.2) is 30.2 Å². The Hall–Kier alpha value is -1.15. The van der Waals surface area contributed by atoms with E-state index in [9.17, 15) is 0 Å². The Bertz CT molecular complexity index is 395. The van der Waals surface area contributed by atoms with Crippen molar-refractivity contribution in [3.05, 3.63) is 35.6 Å². The van der Waals surface area contributed by atoms with Gasteiger partial charge in [0.2, 0.25) is 0 Å². The normalized spacial score (nSPS) is 22.4. The molecule has 1 atom stereocenters. The highest BCUT2D eigenvalue weighted by Gasteiger charge is 2.25. The van der Waals surface area contributed by atoms with Crippen LogP contribution in [0.1, 0.15) is 27.2 Å². The third kappa shape index (κ3) is 2.58. The van der Waals surface area contributed by atoms with Crippen LogP contribution in [0.15, 0.2) is 40.6 Å².